The van der Waals surface area contributed by atoms with Gasteiger partial charge >= 0.3 is 0 Å². The van der Waals surface area contributed by atoms with Crippen LogP contribution in [0.1, 0.15) is 10.4 Å². The molecular weight excluding hydrogens is 264 g/mol. The lowest BCUT2D eigenvalue weighted by Gasteiger charge is -2.31. The van der Waals surface area contributed by atoms with E-state index in [1.807, 2.05) is 30.3 Å². The van der Waals surface area contributed by atoms with Crippen LogP contribution < -0.4 is 0 Å². The fraction of sp³-hybridized carbons (Fsp3) is 0.353. The minimum absolute atomic E-state index is 0.0113. The van der Waals surface area contributed by atoms with Crippen LogP contribution in [0.5, 0.6) is 5.75 Å². The van der Waals surface area contributed by atoms with Gasteiger partial charge in [0.2, 0.25) is 0 Å². The number of hydrogen-bond donors (Lipinski definition) is 1. The van der Waals surface area contributed by atoms with Crippen LogP contribution in [0.2, 0.25) is 0 Å². The first-order chi connectivity index (χ1) is 10.1. The molecule has 21 heavy (non-hydrogen) atoms. The number of carbonyl (C=O) groups excluding carboxylic acids is 1. The summed E-state index contributed by atoms with van der Waals surface area (Å²) in [4.78, 5) is 16.9. The molecule has 0 radical (unpaired) electrons. The number of likely N-dealkylation sites (N-methyl/N-ethyl adjacent to an activating group) is 1. The highest BCUT2D eigenvalue weighted by atomic mass is 16.3. The number of phenols is 1. The first-order valence-corrected chi connectivity index (χ1v) is 7.30. The van der Waals surface area contributed by atoms with Crippen LogP contribution in [0, 0.1) is 0 Å². The van der Waals surface area contributed by atoms with Crippen LogP contribution in [0.4, 0.5) is 0 Å². The molecule has 2 aromatic rings. The zero-order valence-electron chi connectivity index (χ0n) is 12.2. The first kappa shape index (κ1) is 14.0. The molecule has 1 fully saturated rings. The van der Waals surface area contributed by atoms with Crippen molar-refractivity contribution in [2.45, 2.75) is 0 Å². The number of carbonyl (C=O) groups is 1. The van der Waals surface area contributed by atoms with Gasteiger partial charge in [0.1, 0.15) is 5.75 Å². The quantitative estimate of drug-likeness (QED) is 0.875. The number of hydrogen-bond acceptors (Lipinski definition) is 4. The van der Waals surface area contributed by atoms with Gasteiger partial charge in [-0.1, -0.05) is 30.3 Å². The Labute approximate surface area is 124 Å². The van der Waals surface area contributed by atoms with Crippen LogP contribution in [0.15, 0.2) is 36.4 Å². The van der Waals surface area contributed by atoms with Crippen LogP contribution in [-0.4, -0.2) is 60.5 Å². The average molecular weight is 284 g/mol. The Morgan fingerprint density at radius 1 is 1.10 bits per heavy atom. The van der Waals surface area contributed by atoms with E-state index in [0.717, 1.165) is 37.0 Å². The summed E-state index contributed by atoms with van der Waals surface area (Å²) in [5, 5.41) is 12.0. The highest BCUT2D eigenvalue weighted by Crippen LogP contribution is 2.28. The number of ketones is 1. The van der Waals surface area contributed by atoms with Gasteiger partial charge in [-0.05, 0) is 18.5 Å². The van der Waals surface area contributed by atoms with Crippen molar-refractivity contribution in [2.75, 3.05) is 39.8 Å². The monoisotopic (exact) mass is 284 g/mol. The third-order valence-corrected chi connectivity index (χ3v) is 4.16. The first-order valence-electron chi connectivity index (χ1n) is 7.30. The van der Waals surface area contributed by atoms with Crippen molar-refractivity contribution in [3.63, 3.8) is 0 Å². The summed E-state index contributed by atoms with van der Waals surface area (Å²) in [6.45, 7) is 4.14. The SMILES string of the molecule is CN1CCN(CC(=O)c2ccc3ccccc3c2O)CC1. The van der Waals surface area contributed by atoms with Gasteiger partial charge < -0.3 is 10.0 Å². The van der Waals surface area contributed by atoms with E-state index in [-0.39, 0.29) is 11.5 Å². The number of piperazine rings is 1. The molecule has 4 nitrogen and oxygen atoms in total. The molecule has 2 aromatic carbocycles. The predicted molar refractivity (Wildman–Crippen MR) is 83.9 cm³/mol. The number of phenolic OH excluding ortho intramolecular Hbond substituents is 1. The number of aromatic hydroxyl groups is 1. The lowest BCUT2D eigenvalue weighted by molar-refractivity contribution is 0.0874. The lowest BCUT2D eigenvalue weighted by atomic mass is 10.0. The lowest BCUT2D eigenvalue weighted by Crippen LogP contribution is -2.46. The molecule has 110 valence electrons. The summed E-state index contributed by atoms with van der Waals surface area (Å²) in [5.74, 6) is 0.0926. The molecule has 0 aliphatic carbocycles. The van der Waals surface area contributed by atoms with E-state index in [4.69, 9.17) is 0 Å². The van der Waals surface area contributed by atoms with E-state index >= 15 is 0 Å². The van der Waals surface area contributed by atoms with Crippen LogP contribution in [0.3, 0.4) is 0 Å². The Morgan fingerprint density at radius 3 is 2.57 bits per heavy atom. The summed E-state index contributed by atoms with van der Waals surface area (Å²) in [5.41, 5.74) is 0.424. The van der Waals surface area contributed by atoms with Gasteiger partial charge in [0, 0.05) is 31.6 Å². The summed E-state index contributed by atoms with van der Waals surface area (Å²) in [6, 6.07) is 11.2. The molecule has 0 bridgehead atoms. The topological polar surface area (TPSA) is 43.8 Å². The number of fused-ring (bicyclic) bond motifs is 1. The summed E-state index contributed by atoms with van der Waals surface area (Å²) in [6.07, 6.45) is 0. The predicted octanol–water partition coefficient (Wildman–Crippen LogP) is 1.98. The molecule has 1 heterocycles. The zero-order chi connectivity index (χ0) is 14.8. The van der Waals surface area contributed by atoms with Crippen molar-refractivity contribution in [1.82, 2.24) is 9.80 Å². The largest absolute Gasteiger partial charge is 0.507 e. The standard InChI is InChI=1S/C17H20N2O2/c1-18-8-10-19(11-9-18)12-16(20)15-7-6-13-4-2-3-5-14(13)17(15)21/h2-7,21H,8-12H2,1H3. The zero-order valence-corrected chi connectivity index (χ0v) is 12.2. The summed E-state index contributed by atoms with van der Waals surface area (Å²) < 4.78 is 0. The molecule has 0 atom stereocenters. The van der Waals surface area contributed by atoms with Gasteiger partial charge in [-0.15, -0.1) is 0 Å². The number of nitrogens with zero attached hydrogens (tertiary/aromatic N) is 2. The maximum Gasteiger partial charge on any atom is 0.180 e. The number of rotatable bonds is 3. The van der Waals surface area contributed by atoms with Gasteiger partial charge in [-0.2, -0.15) is 0 Å². The molecule has 1 saturated heterocycles. The highest BCUT2D eigenvalue weighted by molar-refractivity contribution is 6.05. The molecule has 1 aliphatic rings. The smallest absolute Gasteiger partial charge is 0.180 e. The van der Waals surface area contributed by atoms with Crippen molar-refractivity contribution in [2.24, 2.45) is 0 Å². The van der Waals surface area contributed by atoms with Crippen molar-refractivity contribution in [3.05, 3.63) is 42.0 Å². The third-order valence-electron chi connectivity index (χ3n) is 4.16. The van der Waals surface area contributed by atoms with E-state index in [1.54, 1.807) is 6.07 Å². The molecule has 0 unspecified atom stereocenters. The molecular formula is C17H20N2O2. The number of Topliss-reactive ketones (excluding diaryl/α,β-unsaturated/α-hetero) is 1. The molecule has 3 rings (SSSR count). The molecule has 1 aliphatic heterocycles. The molecule has 1 N–H and O–H groups in total. The van der Waals surface area contributed by atoms with Crippen molar-refractivity contribution < 1.29 is 9.90 Å². The fourth-order valence-corrected chi connectivity index (χ4v) is 2.77. The Morgan fingerprint density at radius 2 is 1.81 bits per heavy atom. The van der Waals surface area contributed by atoms with Crippen LogP contribution in [0.25, 0.3) is 10.8 Å². The average Bonchev–Trinajstić information content (AvgIpc) is 2.50. The van der Waals surface area contributed by atoms with Gasteiger partial charge in [-0.25, -0.2) is 0 Å². The molecule has 4 heteroatoms. The second-order valence-corrected chi connectivity index (χ2v) is 5.69. The Hall–Kier alpha value is -1.91. The summed E-state index contributed by atoms with van der Waals surface area (Å²) >= 11 is 0. The maximum atomic E-state index is 12.4. The molecule has 0 saturated carbocycles. The van der Waals surface area contributed by atoms with Crippen molar-refractivity contribution >= 4 is 16.6 Å². The van der Waals surface area contributed by atoms with Gasteiger partial charge in [0.15, 0.2) is 5.78 Å². The van der Waals surface area contributed by atoms with Crippen molar-refractivity contribution in [3.8, 4) is 5.75 Å². The van der Waals surface area contributed by atoms with Gasteiger partial charge in [-0.3, -0.25) is 9.69 Å². The maximum absolute atomic E-state index is 12.4. The molecule has 0 amide bonds. The van der Waals surface area contributed by atoms with E-state index in [9.17, 15) is 9.90 Å². The van der Waals surface area contributed by atoms with E-state index < -0.39 is 0 Å². The summed E-state index contributed by atoms with van der Waals surface area (Å²) in [7, 11) is 2.09. The Bertz CT molecular complexity index is 661. The normalized spacial score (nSPS) is 17.2. The molecule has 0 spiro atoms. The van der Waals surface area contributed by atoms with Crippen LogP contribution >= 0.6 is 0 Å². The van der Waals surface area contributed by atoms with E-state index in [2.05, 4.69) is 16.8 Å². The minimum atomic E-state index is -0.0113. The minimum Gasteiger partial charge on any atom is -0.507 e. The van der Waals surface area contributed by atoms with Crippen LogP contribution in [-0.2, 0) is 0 Å². The Balaban J connectivity index is 1.80. The van der Waals surface area contributed by atoms with E-state index in [1.165, 1.54) is 0 Å². The fourth-order valence-electron chi connectivity index (χ4n) is 2.77. The second-order valence-electron chi connectivity index (χ2n) is 5.69. The van der Waals surface area contributed by atoms with Gasteiger partial charge in [0.05, 0.1) is 12.1 Å². The van der Waals surface area contributed by atoms with Gasteiger partial charge in [0.25, 0.3) is 0 Å². The Kier molecular flexibility index (Phi) is 3.90. The van der Waals surface area contributed by atoms with E-state index in [0.29, 0.717) is 12.1 Å². The van der Waals surface area contributed by atoms with Crippen molar-refractivity contribution in [1.29, 1.82) is 0 Å². The molecule has 0 aromatic heterocycles. The second kappa shape index (κ2) is 5.84. The third kappa shape index (κ3) is 2.91. The number of benzene rings is 2. The highest BCUT2D eigenvalue weighted by Gasteiger charge is 2.20.